The van der Waals surface area contributed by atoms with Gasteiger partial charge in [0.25, 0.3) is 0 Å². The van der Waals surface area contributed by atoms with E-state index in [1.54, 1.807) is 21.8 Å². The molecule has 0 aliphatic carbocycles. The SMILES string of the molecule is CCn1cc(N[C@H]2CCN(c3ccc(F)c(Cl)c3)C2=O)cn1. The van der Waals surface area contributed by atoms with Gasteiger partial charge in [-0.25, -0.2) is 4.39 Å². The number of nitrogens with one attached hydrogen (secondary N) is 1. The van der Waals surface area contributed by atoms with Crippen LogP contribution in [0.5, 0.6) is 0 Å². The van der Waals surface area contributed by atoms with Crippen molar-refractivity contribution >= 4 is 28.9 Å². The fraction of sp³-hybridized carbons (Fsp3) is 0.333. The maximum absolute atomic E-state index is 13.2. The number of rotatable bonds is 4. The molecule has 1 aromatic heterocycles. The minimum Gasteiger partial charge on any atom is -0.371 e. The van der Waals surface area contributed by atoms with Crippen molar-refractivity contribution in [1.29, 1.82) is 0 Å². The zero-order chi connectivity index (χ0) is 15.7. The van der Waals surface area contributed by atoms with Crippen LogP contribution in [-0.4, -0.2) is 28.3 Å². The Morgan fingerprint density at radius 1 is 1.50 bits per heavy atom. The van der Waals surface area contributed by atoms with E-state index in [2.05, 4.69) is 10.4 Å². The largest absolute Gasteiger partial charge is 0.371 e. The number of nitrogens with zero attached hydrogens (tertiary/aromatic N) is 3. The molecule has 1 fully saturated rings. The first-order valence-corrected chi connectivity index (χ1v) is 7.51. The number of aryl methyl sites for hydroxylation is 1. The van der Waals surface area contributed by atoms with Gasteiger partial charge in [-0.3, -0.25) is 9.48 Å². The number of hydrogen-bond acceptors (Lipinski definition) is 3. The van der Waals surface area contributed by atoms with Crippen LogP contribution in [0.25, 0.3) is 0 Å². The average molecular weight is 323 g/mol. The quantitative estimate of drug-likeness (QED) is 0.941. The third kappa shape index (κ3) is 2.78. The Kier molecular flexibility index (Phi) is 4.02. The summed E-state index contributed by atoms with van der Waals surface area (Å²) in [5.74, 6) is -0.536. The molecule has 0 radical (unpaired) electrons. The van der Waals surface area contributed by atoms with Crippen LogP contribution in [-0.2, 0) is 11.3 Å². The Morgan fingerprint density at radius 2 is 2.32 bits per heavy atom. The number of amides is 1. The van der Waals surface area contributed by atoms with Gasteiger partial charge in [-0.05, 0) is 31.5 Å². The molecule has 5 nitrogen and oxygen atoms in total. The average Bonchev–Trinajstić information content (AvgIpc) is 3.10. The molecule has 116 valence electrons. The third-order valence-electron chi connectivity index (χ3n) is 3.72. The highest BCUT2D eigenvalue weighted by atomic mass is 35.5. The number of anilines is 2. The van der Waals surface area contributed by atoms with E-state index in [0.717, 1.165) is 12.2 Å². The second kappa shape index (κ2) is 5.96. The van der Waals surface area contributed by atoms with E-state index in [0.29, 0.717) is 18.7 Å². The topological polar surface area (TPSA) is 50.2 Å². The van der Waals surface area contributed by atoms with Crippen LogP contribution in [0.1, 0.15) is 13.3 Å². The van der Waals surface area contributed by atoms with E-state index in [9.17, 15) is 9.18 Å². The van der Waals surface area contributed by atoms with E-state index in [1.807, 2.05) is 13.1 Å². The van der Waals surface area contributed by atoms with E-state index in [-0.39, 0.29) is 17.0 Å². The lowest BCUT2D eigenvalue weighted by Crippen LogP contribution is -2.33. The lowest BCUT2D eigenvalue weighted by atomic mass is 10.2. The molecular formula is C15H16ClFN4O. The molecule has 1 saturated heterocycles. The number of benzene rings is 1. The Bertz CT molecular complexity index is 703. The van der Waals surface area contributed by atoms with Crippen molar-refractivity contribution in [2.75, 3.05) is 16.8 Å². The molecule has 1 aromatic carbocycles. The predicted octanol–water partition coefficient (Wildman–Crippen LogP) is 2.91. The summed E-state index contributed by atoms with van der Waals surface area (Å²) >= 11 is 5.79. The van der Waals surface area contributed by atoms with Crippen molar-refractivity contribution in [3.63, 3.8) is 0 Å². The highest BCUT2D eigenvalue weighted by molar-refractivity contribution is 6.31. The van der Waals surface area contributed by atoms with E-state index >= 15 is 0 Å². The minimum absolute atomic E-state index is 0.0194. The molecule has 2 heterocycles. The Balaban J connectivity index is 1.72. The molecule has 3 rings (SSSR count). The maximum Gasteiger partial charge on any atom is 0.249 e. The first-order valence-electron chi connectivity index (χ1n) is 7.14. The first kappa shape index (κ1) is 14.8. The number of aromatic nitrogens is 2. The molecule has 0 unspecified atom stereocenters. The van der Waals surface area contributed by atoms with Crippen molar-refractivity contribution in [3.8, 4) is 0 Å². The summed E-state index contributed by atoms with van der Waals surface area (Å²) in [6.07, 6.45) is 4.24. The summed E-state index contributed by atoms with van der Waals surface area (Å²) in [7, 11) is 0. The normalized spacial score (nSPS) is 18.0. The molecule has 1 amide bonds. The van der Waals surface area contributed by atoms with Crippen LogP contribution in [0.2, 0.25) is 5.02 Å². The highest BCUT2D eigenvalue weighted by Crippen LogP contribution is 2.27. The van der Waals surface area contributed by atoms with Crippen LogP contribution >= 0.6 is 11.6 Å². The lowest BCUT2D eigenvalue weighted by molar-refractivity contribution is -0.117. The summed E-state index contributed by atoms with van der Waals surface area (Å²) in [5.41, 5.74) is 1.43. The molecule has 0 saturated carbocycles. The van der Waals surface area contributed by atoms with Gasteiger partial charge in [0.05, 0.1) is 16.9 Å². The standard InChI is InChI=1S/C15H16ClFN4O/c1-2-20-9-10(8-18-20)19-14-5-6-21(15(14)22)11-3-4-13(17)12(16)7-11/h3-4,7-9,14,19H,2,5-6H2,1H3/t14-/m0/s1. The number of carbonyl (C=O) groups is 1. The fourth-order valence-electron chi connectivity index (χ4n) is 2.54. The van der Waals surface area contributed by atoms with Crippen molar-refractivity contribution < 1.29 is 9.18 Å². The number of carbonyl (C=O) groups excluding carboxylic acids is 1. The predicted molar refractivity (Wildman–Crippen MR) is 83.7 cm³/mol. The van der Waals surface area contributed by atoms with Crippen LogP contribution in [0, 0.1) is 5.82 Å². The van der Waals surface area contributed by atoms with Gasteiger partial charge in [-0.1, -0.05) is 11.6 Å². The maximum atomic E-state index is 13.2. The van der Waals surface area contributed by atoms with Gasteiger partial charge in [-0.2, -0.15) is 5.10 Å². The number of hydrogen-bond donors (Lipinski definition) is 1. The van der Waals surface area contributed by atoms with Crippen molar-refractivity contribution in [2.24, 2.45) is 0 Å². The van der Waals surface area contributed by atoms with Gasteiger partial charge in [0.1, 0.15) is 11.9 Å². The third-order valence-corrected chi connectivity index (χ3v) is 4.01. The number of halogens is 2. The van der Waals surface area contributed by atoms with Crippen molar-refractivity contribution in [1.82, 2.24) is 9.78 Å². The smallest absolute Gasteiger partial charge is 0.249 e. The van der Waals surface area contributed by atoms with E-state index in [4.69, 9.17) is 11.6 Å². The molecule has 7 heteroatoms. The summed E-state index contributed by atoms with van der Waals surface area (Å²) < 4.78 is 15.0. The molecule has 0 bridgehead atoms. The fourth-order valence-corrected chi connectivity index (χ4v) is 2.71. The van der Waals surface area contributed by atoms with Gasteiger partial charge in [0.2, 0.25) is 5.91 Å². The molecule has 1 aliphatic heterocycles. The van der Waals surface area contributed by atoms with Gasteiger partial charge >= 0.3 is 0 Å². The zero-order valence-corrected chi connectivity index (χ0v) is 12.8. The van der Waals surface area contributed by atoms with Crippen LogP contribution < -0.4 is 10.2 Å². The van der Waals surface area contributed by atoms with Crippen molar-refractivity contribution in [3.05, 3.63) is 41.4 Å². The van der Waals surface area contributed by atoms with Crippen molar-refractivity contribution in [2.45, 2.75) is 25.9 Å². The molecule has 2 aromatic rings. The molecule has 1 atom stereocenters. The van der Waals surface area contributed by atoms with E-state index < -0.39 is 5.82 Å². The van der Waals surface area contributed by atoms with Gasteiger partial charge < -0.3 is 10.2 Å². The highest BCUT2D eigenvalue weighted by Gasteiger charge is 2.32. The zero-order valence-electron chi connectivity index (χ0n) is 12.1. The van der Waals surface area contributed by atoms with E-state index in [1.165, 1.54) is 12.1 Å². The second-order valence-electron chi connectivity index (χ2n) is 5.16. The second-order valence-corrected chi connectivity index (χ2v) is 5.57. The Labute approximate surface area is 132 Å². The summed E-state index contributed by atoms with van der Waals surface area (Å²) in [6, 6.07) is 4.01. The molecule has 0 spiro atoms. The lowest BCUT2D eigenvalue weighted by Gasteiger charge is -2.17. The monoisotopic (exact) mass is 322 g/mol. The molecule has 1 N–H and O–H groups in total. The Hall–Kier alpha value is -2.08. The van der Waals surface area contributed by atoms with Gasteiger partial charge in [-0.15, -0.1) is 0 Å². The van der Waals surface area contributed by atoms with Crippen LogP contribution in [0.4, 0.5) is 15.8 Å². The Morgan fingerprint density at radius 3 is 3.00 bits per heavy atom. The molecular weight excluding hydrogens is 307 g/mol. The van der Waals surface area contributed by atoms with Crippen LogP contribution in [0.15, 0.2) is 30.6 Å². The molecule has 1 aliphatic rings. The first-order chi connectivity index (χ1) is 10.6. The molecule has 22 heavy (non-hydrogen) atoms. The minimum atomic E-state index is -0.487. The van der Waals surface area contributed by atoms with Crippen LogP contribution in [0.3, 0.4) is 0 Å². The summed E-state index contributed by atoms with van der Waals surface area (Å²) in [4.78, 5) is 14.1. The summed E-state index contributed by atoms with van der Waals surface area (Å²) in [5, 5.41) is 7.38. The summed E-state index contributed by atoms with van der Waals surface area (Å²) in [6.45, 7) is 3.35. The van der Waals surface area contributed by atoms with Gasteiger partial charge in [0, 0.05) is 25.0 Å². The van der Waals surface area contributed by atoms with Gasteiger partial charge in [0.15, 0.2) is 0 Å².